The van der Waals surface area contributed by atoms with E-state index in [0.29, 0.717) is 19.2 Å². The number of hydrogen-bond acceptors (Lipinski definition) is 4. The summed E-state index contributed by atoms with van der Waals surface area (Å²) < 4.78 is 5.58. The lowest BCUT2D eigenvalue weighted by Crippen LogP contribution is -2.49. The van der Waals surface area contributed by atoms with Crippen LogP contribution in [0.4, 0.5) is 0 Å². The van der Waals surface area contributed by atoms with Gasteiger partial charge in [0.25, 0.3) is 0 Å². The Balaban J connectivity index is 1.89. The molecule has 0 aliphatic carbocycles. The lowest BCUT2D eigenvalue weighted by Gasteiger charge is -2.36. The highest BCUT2D eigenvalue weighted by molar-refractivity contribution is 5.79. The Bertz CT molecular complexity index is 411. The van der Waals surface area contributed by atoms with E-state index in [1.165, 1.54) is 45.2 Å². The van der Waals surface area contributed by atoms with Crippen molar-refractivity contribution in [3.8, 4) is 0 Å². The molecule has 2 fully saturated rings. The van der Waals surface area contributed by atoms with Crippen molar-refractivity contribution in [3.05, 3.63) is 0 Å². The van der Waals surface area contributed by atoms with Crippen molar-refractivity contribution in [1.82, 2.24) is 15.5 Å². The molecule has 26 heavy (non-hydrogen) atoms. The number of guanidine groups is 1. The molecule has 2 aliphatic heterocycles. The summed E-state index contributed by atoms with van der Waals surface area (Å²) >= 11 is 0. The third-order valence-electron chi connectivity index (χ3n) is 5.80. The lowest BCUT2D eigenvalue weighted by atomic mass is 9.84. The molecule has 0 bridgehead atoms. The molecule has 2 atom stereocenters. The van der Waals surface area contributed by atoms with Crippen molar-refractivity contribution < 1.29 is 9.84 Å². The molecule has 0 spiro atoms. The molecule has 0 amide bonds. The van der Waals surface area contributed by atoms with Crippen LogP contribution in [0.15, 0.2) is 4.99 Å². The van der Waals surface area contributed by atoms with Crippen molar-refractivity contribution in [2.75, 3.05) is 52.5 Å². The van der Waals surface area contributed by atoms with Gasteiger partial charge < -0.3 is 20.5 Å². The van der Waals surface area contributed by atoms with Gasteiger partial charge in [0.05, 0.1) is 13.2 Å². The first kappa shape index (κ1) is 21.5. The number of aliphatic hydroxyl groups is 1. The Morgan fingerprint density at radius 2 is 2.19 bits per heavy atom. The smallest absolute Gasteiger partial charge is 0.191 e. The summed E-state index contributed by atoms with van der Waals surface area (Å²) in [5, 5.41) is 16.3. The number of nitrogens with zero attached hydrogens (tertiary/aromatic N) is 2. The van der Waals surface area contributed by atoms with Gasteiger partial charge in [-0.05, 0) is 52.1 Å². The summed E-state index contributed by atoms with van der Waals surface area (Å²) in [4.78, 5) is 7.50. The Morgan fingerprint density at radius 1 is 1.31 bits per heavy atom. The summed E-state index contributed by atoms with van der Waals surface area (Å²) in [6.45, 7) is 11.1. The number of likely N-dealkylation sites (tertiary alicyclic amines) is 1. The quantitative estimate of drug-likeness (QED) is 0.406. The Hall–Kier alpha value is -0.850. The number of nitrogens with one attached hydrogen (secondary N) is 2. The van der Waals surface area contributed by atoms with Gasteiger partial charge in [-0.15, -0.1) is 0 Å². The van der Waals surface area contributed by atoms with Crippen molar-refractivity contribution in [3.63, 3.8) is 0 Å². The molecule has 2 saturated heterocycles. The second-order valence-corrected chi connectivity index (χ2v) is 7.89. The van der Waals surface area contributed by atoms with Gasteiger partial charge in [0.2, 0.25) is 0 Å². The third-order valence-corrected chi connectivity index (χ3v) is 5.80. The molecule has 0 radical (unpaired) electrons. The van der Waals surface area contributed by atoms with E-state index in [9.17, 15) is 5.11 Å². The number of aliphatic hydroxyl groups excluding tert-OH is 1. The highest BCUT2D eigenvalue weighted by Gasteiger charge is 2.34. The monoisotopic (exact) mass is 368 g/mol. The van der Waals surface area contributed by atoms with Crippen LogP contribution in [-0.4, -0.2) is 74.6 Å². The Kier molecular flexibility index (Phi) is 9.72. The SMILES string of the molecule is CCCCN1CCCCC1CNC(=NCC1(CCO)CCOC1)NCC. The highest BCUT2D eigenvalue weighted by Crippen LogP contribution is 2.32. The fourth-order valence-corrected chi connectivity index (χ4v) is 4.04. The number of piperidine rings is 1. The molecule has 152 valence electrons. The van der Waals surface area contributed by atoms with E-state index in [1.807, 2.05) is 0 Å². The molecule has 0 aromatic heterocycles. The Morgan fingerprint density at radius 3 is 2.88 bits per heavy atom. The van der Waals surface area contributed by atoms with Crippen molar-refractivity contribution >= 4 is 5.96 Å². The van der Waals surface area contributed by atoms with Crippen LogP contribution in [0, 0.1) is 5.41 Å². The molecule has 0 aromatic carbocycles. The summed E-state index contributed by atoms with van der Waals surface area (Å²) in [6.07, 6.45) is 8.24. The second kappa shape index (κ2) is 11.8. The maximum Gasteiger partial charge on any atom is 0.191 e. The first-order valence-corrected chi connectivity index (χ1v) is 10.7. The van der Waals surface area contributed by atoms with Crippen LogP contribution in [0.1, 0.15) is 58.8 Å². The van der Waals surface area contributed by atoms with Crippen molar-refractivity contribution in [2.24, 2.45) is 10.4 Å². The molecule has 2 heterocycles. The maximum atomic E-state index is 9.39. The summed E-state index contributed by atoms with van der Waals surface area (Å²) in [7, 11) is 0. The first-order valence-electron chi connectivity index (χ1n) is 10.7. The molecule has 6 heteroatoms. The standard InChI is InChI=1S/C20H40N4O2/c1-3-5-11-24-12-7-6-8-18(24)15-22-19(21-4-2)23-16-20(9-13-25)10-14-26-17-20/h18,25H,3-17H2,1-2H3,(H2,21,22,23). The minimum absolute atomic E-state index is 0.00903. The molecule has 0 saturated carbocycles. The van der Waals surface area contributed by atoms with Crippen LogP contribution in [-0.2, 0) is 4.74 Å². The predicted molar refractivity (Wildman–Crippen MR) is 108 cm³/mol. The first-order chi connectivity index (χ1) is 12.7. The maximum absolute atomic E-state index is 9.39. The van der Waals surface area contributed by atoms with Crippen LogP contribution in [0.2, 0.25) is 0 Å². The normalized spacial score (nSPS) is 27.7. The fourth-order valence-electron chi connectivity index (χ4n) is 4.04. The topological polar surface area (TPSA) is 69.1 Å². The van der Waals surface area contributed by atoms with Crippen molar-refractivity contribution in [2.45, 2.75) is 64.8 Å². The zero-order valence-electron chi connectivity index (χ0n) is 16.9. The zero-order valence-corrected chi connectivity index (χ0v) is 16.9. The molecule has 0 aromatic rings. The lowest BCUT2D eigenvalue weighted by molar-refractivity contribution is 0.131. The van der Waals surface area contributed by atoms with Gasteiger partial charge in [-0.25, -0.2) is 0 Å². The van der Waals surface area contributed by atoms with Gasteiger partial charge in [0.1, 0.15) is 0 Å². The predicted octanol–water partition coefficient (Wildman–Crippen LogP) is 1.99. The average molecular weight is 369 g/mol. The molecule has 3 N–H and O–H groups in total. The fraction of sp³-hybridized carbons (Fsp3) is 0.950. The molecular weight excluding hydrogens is 328 g/mol. The van der Waals surface area contributed by atoms with Gasteiger partial charge in [0, 0.05) is 37.8 Å². The minimum atomic E-state index is 0.00903. The van der Waals surface area contributed by atoms with E-state index in [0.717, 1.165) is 38.5 Å². The van der Waals surface area contributed by atoms with E-state index in [2.05, 4.69) is 29.4 Å². The largest absolute Gasteiger partial charge is 0.396 e. The molecule has 2 aliphatic rings. The average Bonchev–Trinajstić information content (AvgIpc) is 3.12. The van der Waals surface area contributed by atoms with Crippen LogP contribution < -0.4 is 10.6 Å². The summed E-state index contributed by atoms with van der Waals surface area (Å²) in [6, 6.07) is 0.611. The van der Waals surface area contributed by atoms with Crippen LogP contribution >= 0.6 is 0 Å². The van der Waals surface area contributed by atoms with E-state index in [1.54, 1.807) is 0 Å². The third kappa shape index (κ3) is 6.71. The number of ether oxygens (including phenoxy) is 1. The molecule has 6 nitrogen and oxygen atoms in total. The minimum Gasteiger partial charge on any atom is -0.396 e. The van der Waals surface area contributed by atoms with Gasteiger partial charge in [-0.1, -0.05) is 19.8 Å². The Labute approximate surface area is 159 Å². The number of aliphatic imine (C=N–C) groups is 1. The molecule has 2 unspecified atom stereocenters. The number of hydrogen-bond donors (Lipinski definition) is 3. The number of unbranched alkanes of at least 4 members (excludes halogenated alkanes) is 1. The van der Waals surface area contributed by atoms with E-state index >= 15 is 0 Å². The van der Waals surface area contributed by atoms with Gasteiger partial charge in [-0.2, -0.15) is 0 Å². The number of rotatable bonds is 10. The van der Waals surface area contributed by atoms with Crippen molar-refractivity contribution in [1.29, 1.82) is 0 Å². The van der Waals surface area contributed by atoms with E-state index in [4.69, 9.17) is 9.73 Å². The van der Waals surface area contributed by atoms with Crippen LogP contribution in [0.3, 0.4) is 0 Å². The van der Waals surface area contributed by atoms with Crippen LogP contribution in [0.5, 0.6) is 0 Å². The van der Waals surface area contributed by atoms with Crippen LogP contribution in [0.25, 0.3) is 0 Å². The summed E-state index contributed by atoms with van der Waals surface area (Å²) in [5.74, 6) is 0.901. The van der Waals surface area contributed by atoms with Gasteiger partial charge >= 0.3 is 0 Å². The van der Waals surface area contributed by atoms with E-state index in [-0.39, 0.29) is 12.0 Å². The van der Waals surface area contributed by atoms with E-state index < -0.39 is 0 Å². The van der Waals surface area contributed by atoms with Gasteiger partial charge in [0.15, 0.2) is 5.96 Å². The second-order valence-electron chi connectivity index (χ2n) is 7.89. The van der Waals surface area contributed by atoms with Gasteiger partial charge in [-0.3, -0.25) is 9.89 Å². The zero-order chi connectivity index (χ0) is 18.7. The molecular formula is C20H40N4O2. The molecule has 2 rings (SSSR count). The summed E-state index contributed by atoms with van der Waals surface area (Å²) in [5.41, 5.74) is 0.00903. The highest BCUT2D eigenvalue weighted by atomic mass is 16.5.